The number of phenolic OH excluding ortho intramolecular Hbond substituents is 1. The van der Waals surface area contributed by atoms with Gasteiger partial charge in [-0.25, -0.2) is 0 Å². The van der Waals surface area contributed by atoms with E-state index in [1.165, 1.54) is 25.3 Å². The van der Waals surface area contributed by atoms with E-state index in [2.05, 4.69) is 0 Å². The van der Waals surface area contributed by atoms with Crippen molar-refractivity contribution in [2.24, 2.45) is 5.73 Å². The highest BCUT2D eigenvalue weighted by molar-refractivity contribution is 6.30. The number of aliphatic hydroxyl groups excluding tert-OH is 2. The highest BCUT2D eigenvalue weighted by atomic mass is 16.7. The van der Waals surface area contributed by atoms with Crippen LogP contribution in [0.5, 0.6) is 11.5 Å². The number of Topliss-reactive ketones (excluding diaryl/α,β-unsaturated/α-hetero) is 1. The van der Waals surface area contributed by atoms with Crippen LogP contribution in [0.15, 0.2) is 24.3 Å². The second kappa shape index (κ2) is 9.53. The lowest BCUT2D eigenvalue weighted by atomic mass is 9.72. The molecule has 1 fully saturated rings. The summed E-state index contributed by atoms with van der Waals surface area (Å²) >= 11 is 0. The van der Waals surface area contributed by atoms with Gasteiger partial charge in [0.25, 0.3) is 0 Å². The molecule has 0 amide bonds. The van der Waals surface area contributed by atoms with Gasteiger partial charge in [-0.05, 0) is 24.6 Å². The number of fused-ring (bicyclic) bond motifs is 3. The van der Waals surface area contributed by atoms with E-state index in [9.17, 15) is 34.8 Å². The zero-order valence-corrected chi connectivity index (χ0v) is 20.8. The summed E-state index contributed by atoms with van der Waals surface area (Å²) in [6.45, 7) is 0.678. The first-order valence-corrected chi connectivity index (χ1v) is 12.3. The van der Waals surface area contributed by atoms with Gasteiger partial charge < -0.3 is 40.4 Å². The van der Waals surface area contributed by atoms with E-state index in [0.29, 0.717) is 0 Å². The largest absolute Gasteiger partial charge is 0.507 e. The van der Waals surface area contributed by atoms with E-state index in [-0.39, 0.29) is 58.4 Å². The topological polar surface area (TPSA) is 186 Å². The number of nitrogens with two attached hydrogens (primary N) is 1. The Morgan fingerprint density at radius 1 is 1.21 bits per heavy atom. The van der Waals surface area contributed by atoms with Crippen molar-refractivity contribution >= 4 is 17.3 Å². The number of aliphatic hydroxyl groups is 3. The zero-order valence-electron chi connectivity index (χ0n) is 20.8. The Hall–Kier alpha value is -3.19. The molecule has 2 aromatic rings. The van der Waals surface area contributed by atoms with Crippen LogP contribution in [0, 0.1) is 0 Å². The number of aromatic hydroxyl groups is 1. The number of benzene rings is 2. The maximum atomic E-state index is 13.6. The zero-order chi connectivity index (χ0) is 27.5. The van der Waals surface area contributed by atoms with Crippen LogP contribution < -0.4 is 10.5 Å². The molecule has 1 saturated heterocycles. The quantitative estimate of drug-likeness (QED) is 0.307. The van der Waals surface area contributed by atoms with Crippen molar-refractivity contribution in [3.63, 3.8) is 0 Å². The van der Waals surface area contributed by atoms with E-state index < -0.39 is 66.0 Å². The minimum atomic E-state index is -2.07. The van der Waals surface area contributed by atoms with E-state index in [4.69, 9.17) is 19.9 Å². The molecule has 1 heterocycles. The summed E-state index contributed by atoms with van der Waals surface area (Å²) in [4.78, 5) is 39.6. The summed E-state index contributed by atoms with van der Waals surface area (Å²) in [5.41, 5.74) is 4.08. The van der Waals surface area contributed by atoms with Crippen LogP contribution in [0.1, 0.15) is 68.8 Å². The first-order valence-electron chi connectivity index (χ1n) is 12.3. The summed E-state index contributed by atoms with van der Waals surface area (Å²) in [5.74, 6) is -2.35. The van der Waals surface area contributed by atoms with Gasteiger partial charge >= 0.3 is 0 Å². The SMILES string of the molecule is COc1cccc2c1C(=O)c1c(cc3c(c1O)C(OC1CC(N)C(O)C(C)O1)CC(O)(C(=O)CO)C3)C2=O. The number of carbonyl (C=O) groups excluding carboxylic acids is 3. The number of methoxy groups -OCH3 is 1. The fourth-order valence-electron chi connectivity index (χ4n) is 5.68. The monoisotopic (exact) mass is 527 g/mol. The van der Waals surface area contributed by atoms with Crippen molar-refractivity contribution in [3.05, 3.63) is 57.6 Å². The molecule has 6 N–H and O–H groups in total. The third kappa shape index (κ3) is 4.03. The lowest BCUT2D eigenvalue weighted by Gasteiger charge is -2.42. The molecule has 202 valence electrons. The molecule has 2 aromatic carbocycles. The van der Waals surface area contributed by atoms with Gasteiger partial charge in [0.05, 0.1) is 36.5 Å². The van der Waals surface area contributed by atoms with Crippen LogP contribution in [0.25, 0.3) is 0 Å². The highest BCUT2D eigenvalue weighted by Crippen LogP contribution is 2.48. The molecule has 11 heteroatoms. The smallest absolute Gasteiger partial charge is 0.201 e. The summed E-state index contributed by atoms with van der Waals surface area (Å²) in [5, 5.41) is 42.3. The predicted molar refractivity (Wildman–Crippen MR) is 130 cm³/mol. The van der Waals surface area contributed by atoms with Gasteiger partial charge in [-0.1, -0.05) is 12.1 Å². The van der Waals surface area contributed by atoms with Crippen molar-refractivity contribution < 1.29 is 49.0 Å². The Morgan fingerprint density at radius 2 is 1.95 bits per heavy atom. The Morgan fingerprint density at radius 3 is 2.61 bits per heavy atom. The van der Waals surface area contributed by atoms with E-state index in [0.717, 1.165) is 0 Å². The number of phenols is 1. The van der Waals surface area contributed by atoms with E-state index in [1.54, 1.807) is 13.0 Å². The third-order valence-electron chi connectivity index (χ3n) is 7.67. The second-order valence-electron chi connectivity index (χ2n) is 10.0. The lowest BCUT2D eigenvalue weighted by molar-refractivity contribution is -0.247. The predicted octanol–water partition coefficient (Wildman–Crippen LogP) is 0.296. The van der Waals surface area contributed by atoms with Crippen LogP contribution in [0.2, 0.25) is 0 Å². The molecule has 11 nitrogen and oxygen atoms in total. The molecule has 0 bridgehead atoms. The number of hydrogen-bond donors (Lipinski definition) is 5. The molecule has 6 unspecified atom stereocenters. The molecule has 0 aromatic heterocycles. The fourth-order valence-corrected chi connectivity index (χ4v) is 5.68. The fraction of sp³-hybridized carbons (Fsp3) is 0.444. The Balaban J connectivity index is 1.64. The van der Waals surface area contributed by atoms with Crippen LogP contribution in [-0.2, 0) is 20.7 Å². The van der Waals surface area contributed by atoms with Gasteiger partial charge in [0.2, 0.25) is 5.78 Å². The second-order valence-corrected chi connectivity index (χ2v) is 10.0. The first-order chi connectivity index (χ1) is 18.0. The molecule has 38 heavy (non-hydrogen) atoms. The van der Waals surface area contributed by atoms with Gasteiger partial charge in [-0.3, -0.25) is 14.4 Å². The Kier molecular flexibility index (Phi) is 6.62. The van der Waals surface area contributed by atoms with Gasteiger partial charge in [0.15, 0.2) is 17.9 Å². The summed E-state index contributed by atoms with van der Waals surface area (Å²) < 4.78 is 17.1. The number of carbonyl (C=O) groups is 3. The molecule has 5 rings (SSSR count). The molecule has 6 atom stereocenters. The number of ketones is 3. The van der Waals surface area contributed by atoms with Crippen LogP contribution >= 0.6 is 0 Å². The standard InChI is InChI=1S/C27H29NO10/c1-11-23(31)15(28)7-19(37-11)38-17-9-27(35,18(30)10-29)8-12-6-14-22(25(33)20(12)17)26(34)21-13(24(14)32)4-3-5-16(21)36-2/h3-6,11,15,17,19,23,29,31,33,35H,7-10,28H2,1-2H3. The van der Waals surface area contributed by atoms with Crippen molar-refractivity contribution in [1.82, 2.24) is 0 Å². The Labute approximate surface area is 217 Å². The van der Waals surface area contributed by atoms with E-state index >= 15 is 0 Å². The number of hydrogen-bond acceptors (Lipinski definition) is 11. The molecule has 3 aliphatic rings. The van der Waals surface area contributed by atoms with Crippen molar-refractivity contribution in [2.75, 3.05) is 13.7 Å². The highest BCUT2D eigenvalue weighted by Gasteiger charge is 2.48. The minimum absolute atomic E-state index is 0.0207. The average Bonchev–Trinajstić information content (AvgIpc) is 2.88. The molecular weight excluding hydrogens is 498 g/mol. The first kappa shape index (κ1) is 26.4. The van der Waals surface area contributed by atoms with Crippen molar-refractivity contribution in [1.29, 1.82) is 0 Å². The van der Waals surface area contributed by atoms with Gasteiger partial charge in [-0.2, -0.15) is 0 Å². The van der Waals surface area contributed by atoms with Crippen LogP contribution in [0.3, 0.4) is 0 Å². The molecule has 0 radical (unpaired) electrons. The molecule has 0 saturated carbocycles. The van der Waals surface area contributed by atoms with Crippen molar-refractivity contribution in [3.8, 4) is 11.5 Å². The third-order valence-corrected chi connectivity index (χ3v) is 7.67. The molecule has 2 aliphatic carbocycles. The lowest BCUT2D eigenvalue weighted by Crippen LogP contribution is -2.53. The molecular formula is C27H29NO10. The summed E-state index contributed by atoms with van der Waals surface area (Å²) in [7, 11) is 1.37. The van der Waals surface area contributed by atoms with Crippen LogP contribution in [-0.4, -0.2) is 81.6 Å². The molecule has 1 aliphatic heterocycles. The van der Waals surface area contributed by atoms with Gasteiger partial charge in [-0.15, -0.1) is 0 Å². The van der Waals surface area contributed by atoms with E-state index in [1.807, 2.05) is 0 Å². The molecule has 0 spiro atoms. The van der Waals surface area contributed by atoms with Gasteiger partial charge in [0, 0.05) is 42.0 Å². The maximum absolute atomic E-state index is 13.6. The minimum Gasteiger partial charge on any atom is -0.507 e. The van der Waals surface area contributed by atoms with Crippen LogP contribution in [0.4, 0.5) is 0 Å². The number of rotatable bonds is 5. The van der Waals surface area contributed by atoms with Gasteiger partial charge in [0.1, 0.15) is 23.7 Å². The summed E-state index contributed by atoms with van der Waals surface area (Å²) in [6, 6.07) is 5.29. The average molecular weight is 528 g/mol. The number of ether oxygens (including phenoxy) is 3. The summed E-state index contributed by atoms with van der Waals surface area (Å²) in [6.07, 6.45) is -4.36. The maximum Gasteiger partial charge on any atom is 0.201 e. The van der Waals surface area contributed by atoms with Crippen molar-refractivity contribution in [2.45, 2.75) is 62.4 Å². The Bertz CT molecular complexity index is 1330. The normalized spacial score (nSPS) is 30.3.